The van der Waals surface area contributed by atoms with Gasteiger partial charge >= 0.3 is 0 Å². The van der Waals surface area contributed by atoms with Crippen molar-refractivity contribution in [3.05, 3.63) is 85.1 Å². The average molecular weight is 451 g/mol. The Balaban J connectivity index is 1.60. The summed E-state index contributed by atoms with van der Waals surface area (Å²) in [5.74, 6) is 0.0383. The molecule has 0 radical (unpaired) electrons. The Morgan fingerprint density at radius 3 is 2.71 bits per heavy atom. The van der Waals surface area contributed by atoms with E-state index in [1.54, 1.807) is 43.8 Å². The number of benzene rings is 2. The third-order valence-corrected chi connectivity index (χ3v) is 6.08. The molecule has 5 rings (SSSR count). The van der Waals surface area contributed by atoms with E-state index >= 15 is 0 Å². The third-order valence-electron chi connectivity index (χ3n) is 6.08. The minimum absolute atomic E-state index is 0.0383. The van der Waals surface area contributed by atoms with E-state index in [1.807, 2.05) is 25.2 Å². The number of amides is 1. The highest BCUT2D eigenvalue weighted by Gasteiger charge is 2.19. The monoisotopic (exact) mass is 450 g/mol. The quantitative estimate of drug-likeness (QED) is 0.402. The van der Waals surface area contributed by atoms with Gasteiger partial charge in [0.05, 0.1) is 23.5 Å². The molecule has 1 N–H and O–H groups in total. The molecule has 0 saturated heterocycles. The van der Waals surface area contributed by atoms with E-state index in [4.69, 9.17) is 0 Å². The second kappa shape index (κ2) is 8.94. The van der Waals surface area contributed by atoms with Gasteiger partial charge in [-0.25, -0.2) is 0 Å². The summed E-state index contributed by atoms with van der Waals surface area (Å²) in [7, 11) is 5.58. The van der Waals surface area contributed by atoms with Crippen LogP contribution in [0.2, 0.25) is 0 Å². The zero-order valence-corrected chi connectivity index (χ0v) is 19.4. The van der Waals surface area contributed by atoms with E-state index in [0.29, 0.717) is 6.42 Å². The first-order valence-electron chi connectivity index (χ1n) is 11.2. The van der Waals surface area contributed by atoms with Crippen molar-refractivity contribution < 1.29 is 4.79 Å². The molecule has 5 aromatic rings. The highest BCUT2D eigenvalue weighted by atomic mass is 16.2. The lowest BCUT2D eigenvalue weighted by atomic mass is 10.00. The first-order valence-corrected chi connectivity index (χ1v) is 11.2. The van der Waals surface area contributed by atoms with E-state index in [9.17, 15) is 4.79 Å². The minimum atomic E-state index is -0.235. The van der Waals surface area contributed by atoms with Gasteiger partial charge < -0.3 is 14.8 Å². The van der Waals surface area contributed by atoms with Crippen LogP contribution in [0, 0.1) is 0 Å². The van der Waals surface area contributed by atoms with Crippen LogP contribution >= 0.6 is 0 Å². The van der Waals surface area contributed by atoms with Crippen molar-refractivity contribution in [2.75, 3.05) is 19.4 Å². The van der Waals surface area contributed by atoms with Gasteiger partial charge in [0.15, 0.2) is 0 Å². The highest BCUT2D eigenvalue weighted by Crippen LogP contribution is 2.34. The summed E-state index contributed by atoms with van der Waals surface area (Å²) >= 11 is 0. The van der Waals surface area contributed by atoms with Crippen molar-refractivity contribution in [3.8, 4) is 11.1 Å². The molecule has 1 atom stereocenters. The summed E-state index contributed by atoms with van der Waals surface area (Å²) in [6, 6.07) is 16.2. The zero-order valence-electron chi connectivity index (χ0n) is 19.4. The van der Waals surface area contributed by atoms with Crippen molar-refractivity contribution in [1.82, 2.24) is 24.4 Å². The SMILES string of the molecule is CN(C)C(=O)CC(Nc1cc(-c2ccc3ccn(C)c3c2)c2nccnc2c1)c1cccnc1. The van der Waals surface area contributed by atoms with Crippen LogP contribution in [-0.4, -0.2) is 44.4 Å². The molecule has 2 aromatic carbocycles. The Morgan fingerprint density at radius 2 is 1.91 bits per heavy atom. The molecule has 1 amide bonds. The number of hydrogen-bond donors (Lipinski definition) is 1. The van der Waals surface area contributed by atoms with Gasteiger partial charge in [-0.15, -0.1) is 0 Å². The summed E-state index contributed by atoms with van der Waals surface area (Å²) in [5, 5.41) is 4.76. The maximum Gasteiger partial charge on any atom is 0.224 e. The number of hydrogen-bond acceptors (Lipinski definition) is 5. The Labute approximate surface area is 198 Å². The fourth-order valence-corrected chi connectivity index (χ4v) is 4.20. The Hall–Kier alpha value is -4.26. The van der Waals surface area contributed by atoms with Crippen molar-refractivity contribution in [2.24, 2.45) is 7.05 Å². The Morgan fingerprint density at radius 1 is 1.06 bits per heavy atom. The molecule has 7 heteroatoms. The van der Waals surface area contributed by atoms with Crippen molar-refractivity contribution >= 4 is 33.5 Å². The lowest BCUT2D eigenvalue weighted by molar-refractivity contribution is -0.128. The van der Waals surface area contributed by atoms with Gasteiger partial charge in [-0.05, 0) is 46.8 Å². The topological polar surface area (TPSA) is 75.9 Å². The molecule has 0 bridgehead atoms. The molecule has 0 saturated carbocycles. The first-order chi connectivity index (χ1) is 16.5. The van der Waals surface area contributed by atoms with E-state index in [0.717, 1.165) is 38.9 Å². The second-order valence-electron chi connectivity index (χ2n) is 8.62. The van der Waals surface area contributed by atoms with Crippen molar-refractivity contribution in [3.63, 3.8) is 0 Å². The van der Waals surface area contributed by atoms with E-state index in [1.165, 1.54) is 5.39 Å². The largest absolute Gasteiger partial charge is 0.378 e. The number of anilines is 1. The summed E-state index contributed by atoms with van der Waals surface area (Å²) in [5.41, 5.74) is 6.64. The van der Waals surface area contributed by atoms with Gasteiger partial charge in [-0.1, -0.05) is 18.2 Å². The van der Waals surface area contributed by atoms with Gasteiger partial charge in [0, 0.05) is 68.9 Å². The van der Waals surface area contributed by atoms with Crippen LogP contribution in [0.25, 0.3) is 33.1 Å². The molecule has 0 fully saturated rings. The average Bonchev–Trinajstić information content (AvgIpc) is 3.23. The van der Waals surface area contributed by atoms with Crippen LogP contribution in [0.5, 0.6) is 0 Å². The third kappa shape index (κ3) is 4.20. The Bertz CT molecular complexity index is 1480. The van der Waals surface area contributed by atoms with Crippen LogP contribution < -0.4 is 5.32 Å². The number of aromatic nitrogens is 4. The Kier molecular flexibility index (Phi) is 5.67. The number of fused-ring (bicyclic) bond motifs is 2. The second-order valence-corrected chi connectivity index (χ2v) is 8.62. The lowest BCUT2D eigenvalue weighted by Gasteiger charge is -2.22. The maximum absolute atomic E-state index is 12.6. The standard InChI is InChI=1S/C27H26N6O/c1-32(2)26(34)16-23(20-5-4-9-28-17-20)31-21-14-22(27-24(15-21)29-10-11-30-27)19-7-6-18-8-12-33(3)25(18)13-19/h4-15,17,23,31H,16H2,1-3H3. The molecule has 0 aliphatic heterocycles. The van der Waals surface area contributed by atoms with Gasteiger partial charge in [0.2, 0.25) is 5.91 Å². The summed E-state index contributed by atoms with van der Waals surface area (Å²) in [4.78, 5) is 27.7. The molecule has 3 heterocycles. The number of nitrogens with one attached hydrogen (secondary N) is 1. The molecule has 0 spiro atoms. The molecular formula is C27H26N6O. The summed E-state index contributed by atoms with van der Waals surface area (Å²) < 4.78 is 2.11. The van der Waals surface area contributed by atoms with Crippen LogP contribution in [0.3, 0.4) is 0 Å². The van der Waals surface area contributed by atoms with Crippen LogP contribution in [-0.2, 0) is 11.8 Å². The fourth-order valence-electron chi connectivity index (χ4n) is 4.20. The van der Waals surface area contributed by atoms with Gasteiger partial charge in [0.1, 0.15) is 0 Å². The molecule has 1 unspecified atom stereocenters. The lowest BCUT2D eigenvalue weighted by Crippen LogP contribution is -2.26. The van der Waals surface area contributed by atoms with Crippen molar-refractivity contribution in [2.45, 2.75) is 12.5 Å². The van der Waals surface area contributed by atoms with E-state index in [2.05, 4.69) is 61.4 Å². The van der Waals surface area contributed by atoms with Gasteiger partial charge in [-0.3, -0.25) is 19.7 Å². The van der Waals surface area contributed by atoms with Crippen LogP contribution in [0.15, 0.2) is 79.5 Å². The smallest absolute Gasteiger partial charge is 0.224 e. The van der Waals surface area contributed by atoms with Gasteiger partial charge in [0.25, 0.3) is 0 Å². The number of rotatable bonds is 6. The van der Waals surface area contributed by atoms with E-state index in [-0.39, 0.29) is 11.9 Å². The minimum Gasteiger partial charge on any atom is -0.378 e. The number of nitrogens with zero attached hydrogens (tertiary/aromatic N) is 5. The fraction of sp³-hybridized carbons (Fsp3) is 0.185. The molecule has 0 aliphatic rings. The number of aryl methyl sites for hydroxylation is 1. The number of pyridine rings is 1. The normalized spacial score (nSPS) is 12.1. The molecular weight excluding hydrogens is 424 g/mol. The molecule has 170 valence electrons. The first kappa shape index (κ1) is 21.6. The number of carbonyl (C=O) groups is 1. The molecule has 3 aromatic heterocycles. The zero-order chi connectivity index (χ0) is 23.7. The molecule has 0 aliphatic carbocycles. The van der Waals surface area contributed by atoms with E-state index < -0.39 is 0 Å². The predicted octanol–water partition coefficient (Wildman–Crippen LogP) is 4.82. The summed E-state index contributed by atoms with van der Waals surface area (Å²) in [6.45, 7) is 0. The van der Waals surface area contributed by atoms with Crippen molar-refractivity contribution in [1.29, 1.82) is 0 Å². The maximum atomic E-state index is 12.6. The molecule has 7 nitrogen and oxygen atoms in total. The number of carbonyl (C=O) groups excluding carboxylic acids is 1. The molecule has 34 heavy (non-hydrogen) atoms. The summed E-state index contributed by atoms with van der Waals surface area (Å²) in [6.07, 6.45) is 9.31. The highest BCUT2D eigenvalue weighted by molar-refractivity contribution is 5.97. The van der Waals surface area contributed by atoms with Crippen LogP contribution in [0.1, 0.15) is 18.0 Å². The predicted molar refractivity (Wildman–Crippen MR) is 135 cm³/mol. The van der Waals surface area contributed by atoms with Crippen LogP contribution in [0.4, 0.5) is 5.69 Å². The van der Waals surface area contributed by atoms with Gasteiger partial charge in [-0.2, -0.15) is 0 Å².